The predicted molar refractivity (Wildman–Crippen MR) is 109 cm³/mol. The highest BCUT2D eigenvalue weighted by molar-refractivity contribution is 5.82. The first-order valence-electron chi connectivity index (χ1n) is 9.95. The Morgan fingerprint density at radius 1 is 1.10 bits per heavy atom. The first kappa shape index (κ1) is 22.5. The number of benzene rings is 1. The molecule has 8 nitrogen and oxygen atoms in total. The van der Waals surface area contributed by atoms with Gasteiger partial charge < -0.3 is 25.0 Å². The minimum Gasteiger partial charge on any atom is -0.493 e. The number of amides is 3. The average Bonchev–Trinajstić information content (AvgIpc) is 2.66. The van der Waals surface area contributed by atoms with Crippen molar-refractivity contribution < 1.29 is 23.9 Å². The molecular weight excluding hydrogens is 374 g/mol. The predicted octanol–water partition coefficient (Wildman–Crippen LogP) is 2.09. The summed E-state index contributed by atoms with van der Waals surface area (Å²) < 4.78 is 10.7. The molecule has 0 saturated carbocycles. The largest absolute Gasteiger partial charge is 0.493 e. The fourth-order valence-electron chi connectivity index (χ4n) is 2.93. The third-order valence-corrected chi connectivity index (χ3v) is 4.34. The van der Waals surface area contributed by atoms with Gasteiger partial charge in [0.2, 0.25) is 11.8 Å². The number of hydrogen-bond acceptors (Lipinski definition) is 5. The Labute approximate surface area is 171 Å². The molecule has 160 valence electrons. The Hall–Kier alpha value is -2.77. The van der Waals surface area contributed by atoms with Crippen molar-refractivity contribution in [2.45, 2.75) is 51.7 Å². The smallest absolute Gasteiger partial charge is 0.408 e. The van der Waals surface area contributed by atoms with Gasteiger partial charge in [-0.25, -0.2) is 4.79 Å². The average molecular weight is 405 g/mol. The van der Waals surface area contributed by atoms with E-state index in [1.165, 1.54) is 0 Å². The van der Waals surface area contributed by atoms with Gasteiger partial charge >= 0.3 is 6.09 Å². The lowest BCUT2D eigenvalue weighted by Crippen LogP contribution is -2.49. The summed E-state index contributed by atoms with van der Waals surface area (Å²) in [5.41, 5.74) is -0.601. The van der Waals surface area contributed by atoms with E-state index in [0.717, 1.165) is 5.75 Å². The van der Waals surface area contributed by atoms with Crippen LogP contribution in [0.25, 0.3) is 0 Å². The molecule has 29 heavy (non-hydrogen) atoms. The molecule has 1 aliphatic rings. The van der Waals surface area contributed by atoms with Gasteiger partial charge in [0.1, 0.15) is 17.9 Å². The number of ether oxygens (including phenoxy) is 2. The van der Waals surface area contributed by atoms with Crippen molar-refractivity contribution in [1.82, 2.24) is 15.5 Å². The maximum Gasteiger partial charge on any atom is 0.408 e. The number of likely N-dealkylation sites (tertiary alicyclic amines) is 1. The second-order valence-electron chi connectivity index (χ2n) is 7.99. The van der Waals surface area contributed by atoms with Crippen LogP contribution in [0.1, 0.15) is 40.0 Å². The summed E-state index contributed by atoms with van der Waals surface area (Å²) in [5, 5.41) is 5.47. The number of nitrogens with one attached hydrogen (secondary N) is 2. The molecule has 1 fully saturated rings. The van der Waals surface area contributed by atoms with Gasteiger partial charge in [0.05, 0.1) is 13.0 Å². The van der Waals surface area contributed by atoms with Crippen molar-refractivity contribution in [2.24, 2.45) is 0 Å². The third-order valence-electron chi connectivity index (χ3n) is 4.34. The highest BCUT2D eigenvalue weighted by atomic mass is 16.6. The van der Waals surface area contributed by atoms with Crippen LogP contribution in [-0.4, -0.2) is 60.7 Å². The van der Waals surface area contributed by atoms with E-state index in [4.69, 9.17) is 9.47 Å². The highest BCUT2D eigenvalue weighted by Crippen LogP contribution is 2.12. The summed E-state index contributed by atoms with van der Waals surface area (Å²) in [6, 6.07) is 9.41. The van der Waals surface area contributed by atoms with Gasteiger partial charge in [-0.1, -0.05) is 18.2 Å². The maximum atomic E-state index is 12.2. The van der Waals surface area contributed by atoms with Crippen LogP contribution in [0.5, 0.6) is 5.75 Å². The fraction of sp³-hybridized carbons (Fsp3) is 0.571. The molecule has 1 heterocycles. The number of piperidine rings is 1. The topological polar surface area (TPSA) is 97.0 Å². The second-order valence-corrected chi connectivity index (χ2v) is 7.99. The van der Waals surface area contributed by atoms with Crippen LogP contribution >= 0.6 is 0 Å². The zero-order chi connectivity index (χ0) is 21.3. The Morgan fingerprint density at radius 3 is 2.38 bits per heavy atom. The summed E-state index contributed by atoms with van der Waals surface area (Å²) in [5.74, 6) is 0.529. The molecule has 0 aromatic heterocycles. The molecule has 2 N–H and O–H groups in total. The van der Waals surface area contributed by atoms with Crippen LogP contribution in [0, 0.1) is 0 Å². The van der Waals surface area contributed by atoms with Crippen LogP contribution in [0.3, 0.4) is 0 Å². The lowest BCUT2D eigenvalue weighted by atomic mass is 10.0. The molecular formula is C21H31N3O5. The van der Waals surface area contributed by atoms with Crippen LogP contribution in [0.2, 0.25) is 0 Å². The molecule has 1 aromatic rings. The zero-order valence-corrected chi connectivity index (χ0v) is 17.4. The molecule has 0 spiro atoms. The molecule has 1 aliphatic heterocycles. The van der Waals surface area contributed by atoms with Crippen molar-refractivity contribution in [3.8, 4) is 5.75 Å². The number of alkyl carbamates (subject to hydrolysis) is 1. The Morgan fingerprint density at radius 2 is 1.76 bits per heavy atom. The van der Waals surface area contributed by atoms with Crippen molar-refractivity contribution in [2.75, 3.05) is 26.2 Å². The van der Waals surface area contributed by atoms with E-state index in [1.807, 2.05) is 30.3 Å². The van der Waals surface area contributed by atoms with Crippen LogP contribution in [0.15, 0.2) is 30.3 Å². The highest BCUT2D eigenvalue weighted by Gasteiger charge is 2.24. The minimum absolute atomic E-state index is 0.0436. The van der Waals surface area contributed by atoms with Gasteiger partial charge in [-0.15, -0.1) is 0 Å². The second kappa shape index (κ2) is 10.7. The third kappa shape index (κ3) is 8.85. The summed E-state index contributed by atoms with van der Waals surface area (Å²) in [4.78, 5) is 37.6. The van der Waals surface area contributed by atoms with Gasteiger partial charge in [0, 0.05) is 19.1 Å². The lowest BCUT2D eigenvalue weighted by Gasteiger charge is -2.32. The van der Waals surface area contributed by atoms with Gasteiger partial charge in [-0.2, -0.15) is 0 Å². The quantitative estimate of drug-likeness (QED) is 0.724. The van der Waals surface area contributed by atoms with Crippen molar-refractivity contribution in [3.05, 3.63) is 30.3 Å². The van der Waals surface area contributed by atoms with Crippen molar-refractivity contribution >= 4 is 17.9 Å². The van der Waals surface area contributed by atoms with E-state index >= 15 is 0 Å². The Bertz CT molecular complexity index is 679. The molecule has 1 saturated heterocycles. The molecule has 0 unspecified atom stereocenters. The Balaban J connectivity index is 1.61. The molecule has 0 radical (unpaired) electrons. The molecule has 1 aromatic carbocycles. The molecule has 0 aliphatic carbocycles. The standard InChI is InChI=1S/C21H31N3O5/c1-21(2,3)29-20(27)22-15-19(26)24-12-9-16(10-13-24)23-18(25)11-14-28-17-7-5-4-6-8-17/h4-8,16H,9-15H2,1-3H3,(H,22,27)(H,23,25). The van der Waals surface area contributed by atoms with Crippen molar-refractivity contribution in [1.29, 1.82) is 0 Å². The van der Waals surface area contributed by atoms with Gasteiger partial charge in [-0.3, -0.25) is 9.59 Å². The molecule has 0 atom stereocenters. The number of hydrogen-bond donors (Lipinski definition) is 2. The number of nitrogens with zero attached hydrogens (tertiary/aromatic N) is 1. The van der Waals surface area contributed by atoms with Gasteiger partial charge in [0.15, 0.2) is 0 Å². The van der Waals surface area contributed by atoms with Crippen molar-refractivity contribution in [3.63, 3.8) is 0 Å². The normalized spacial score (nSPS) is 14.8. The first-order chi connectivity index (χ1) is 13.7. The summed E-state index contributed by atoms with van der Waals surface area (Å²) >= 11 is 0. The monoisotopic (exact) mass is 405 g/mol. The number of para-hydroxylation sites is 1. The van der Waals surface area contributed by atoms with Gasteiger partial charge in [-0.05, 0) is 45.7 Å². The van der Waals surface area contributed by atoms with Gasteiger partial charge in [0.25, 0.3) is 0 Å². The van der Waals surface area contributed by atoms with Crippen LogP contribution < -0.4 is 15.4 Å². The number of carbonyl (C=O) groups is 3. The van der Waals surface area contributed by atoms with E-state index in [9.17, 15) is 14.4 Å². The summed E-state index contributed by atoms with van der Waals surface area (Å²) in [7, 11) is 0. The SMILES string of the molecule is CC(C)(C)OC(=O)NCC(=O)N1CCC(NC(=O)CCOc2ccccc2)CC1. The van der Waals surface area contributed by atoms with E-state index in [-0.39, 0.29) is 30.8 Å². The number of carbonyl (C=O) groups excluding carboxylic acids is 3. The van der Waals surface area contributed by atoms with E-state index < -0.39 is 11.7 Å². The molecule has 8 heteroatoms. The molecule has 0 bridgehead atoms. The van der Waals surface area contributed by atoms with E-state index in [2.05, 4.69) is 10.6 Å². The van der Waals surface area contributed by atoms with E-state index in [0.29, 0.717) is 32.5 Å². The maximum absolute atomic E-state index is 12.2. The zero-order valence-electron chi connectivity index (χ0n) is 17.4. The first-order valence-corrected chi connectivity index (χ1v) is 9.95. The van der Waals surface area contributed by atoms with Crippen LogP contribution in [0.4, 0.5) is 4.79 Å². The van der Waals surface area contributed by atoms with E-state index in [1.54, 1.807) is 25.7 Å². The lowest BCUT2D eigenvalue weighted by molar-refractivity contribution is -0.131. The summed E-state index contributed by atoms with van der Waals surface area (Å²) in [6.07, 6.45) is 1.05. The Kier molecular flexibility index (Phi) is 8.30. The molecule has 2 rings (SSSR count). The minimum atomic E-state index is -0.606. The summed E-state index contributed by atoms with van der Waals surface area (Å²) in [6.45, 7) is 6.61. The molecule has 3 amide bonds. The number of rotatable bonds is 7. The van der Waals surface area contributed by atoms with Crippen LogP contribution in [-0.2, 0) is 14.3 Å². The fourth-order valence-corrected chi connectivity index (χ4v) is 2.93.